The van der Waals surface area contributed by atoms with E-state index in [1.54, 1.807) is 0 Å². The van der Waals surface area contributed by atoms with Crippen molar-refractivity contribution in [3.05, 3.63) is 0 Å². The minimum Gasteiger partial charge on any atom is -0.303 e. The Labute approximate surface area is 210 Å². The summed E-state index contributed by atoms with van der Waals surface area (Å²) in [5, 5.41) is 0.556. The predicted octanol–water partition coefficient (Wildman–Crippen LogP) is 10.2. The van der Waals surface area contributed by atoms with Gasteiger partial charge in [-0.1, -0.05) is 136 Å². The number of phosphoric acid groups is 1. The molecule has 202 valence electrons. The van der Waals surface area contributed by atoms with Gasteiger partial charge in [-0.25, -0.2) is 4.57 Å². The van der Waals surface area contributed by atoms with Gasteiger partial charge in [-0.3, -0.25) is 9.05 Å². The van der Waals surface area contributed by atoms with E-state index in [0.29, 0.717) is 5.16 Å². The molecule has 0 aliphatic rings. The first kappa shape index (κ1) is 35.7. The Morgan fingerprint density at radius 3 is 1.03 bits per heavy atom. The zero-order valence-electron chi connectivity index (χ0n) is 23.0. The van der Waals surface area contributed by atoms with Crippen LogP contribution in [0.3, 0.4) is 0 Å². The zero-order valence-corrected chi connectivity index (χ0v) is 25.1. The molecule has 33 heavy (non-hydrogen) atoms. The molecule has 0 aliphatic heterocycles. The first-order valence-electron chi connectivity index (χ1n) is 14.0. The third-order valence-electron chi connectivity index (χ3n) is 6.55. The fraction of sp³-hybridized carbons (Fsp3) is 1.00. The van der Waals surface area contributed by atoms with Crippen LogP contribution in [-0.2, 0) is 13.6 Å². The molecule has 1 unspecified atom stereocenters. The summed E-state index contributed by atoms with van der Waals surface area (Å²) in [6, 6.07) is 0. The second kappa shape index (κ2) is 25.6. The molecular formula is C27H60O4P2. The normalized spacial score (nSPS) is 12.0. The molecule has 0 amide bonds. The first-order chi connectivity index (χ1) is 15.8. The van der Waals surface area contributed by atoms with E-state index in [2.05, 4.69) is 39.1 Å². The minimum atomic E-state index is -3.65. The van der Waals surface area contributed by atoms with Crippen LogP contribution >= 0.6 is 17.1 Å². The summed E-state index contributed by atoms with van der Waals surface area (Å²) in [7, 11) is 1.89. The minimum absolute atomic E-state index is 0.556. The SMILES string of the molecule is CCCCCCCCC(P)(CCCCCCCC)CCCCCCCC.COP(=O)(O)OC. The van der Waals surface area contributed by atoms with Crippen LogP contribution in [0.2, 0.25) is 0 Å². The number of unbranched alkanes of at least 4 members (excludes halogenated alkanes) is 15. The maximum Gasteiger partial charge on any atom is 0.471 e. The molecule has 1 N–H and O–H groups in total. The molecule has 0 radical (unpaired) electrons. The lowest BCUT2D eigenvalue weighted by Gasteiger charge is -2.30. The van der Waals surface area contributed by atoms with Gasteiger partial charge in [0.1, 0.15) is 0 Å². The second-order valence-electron chi connectivity index (χ2n) is 9.75. The van der Waals surface area contributed by atoms with E-state index >= 15 is 0 Å². The van der Waals surface area contributed by atoms with Crippen molar-refractivity contribution in [2.45, 2.75) is 161 Å². The van der Waals surface area contributed by atoms with Crippen LogP contribution in [0.15, 0.2) is 0 Å². The van der Waals surface area contributed by atoms with Crippen molar-refractivity contribution in [3.8, 4) is 0 Å². The van der Waals surface area contributed by atoms with Crippen LogP contribution in [0.4, 0.5) is 0 Å². The van der Waals surface area contributed by atoms with E-state index in [1.165, 1.54) is 135 Å². The van der Waals surface area contributed by atoms with Gasteiger partial charge < -0.3 is 4.89 Å². The summed E-state index contributed by atoms with van der Waals surface area (Å²) in [5.41, 5.74) is 0. The Balaban J connectivity index is 0. The van der Waals surface area contributed by atoms with Crippen molar-refractivity contribution in [1.29, 1.82) is 0 Å². The maximum atomic E-state index is 10.1. The molecule has 0 bridgehead atoms. The highest BCUT2D eigenvalue weighted by Gasteiger charge is 2.23. The molecule has 0 aliphatic carbocycles. The van der Waals surface area contributed by atoms with E-state index in [9.17, 15) is 4.57 Å². The Kier molecular flexibility index (Phi) is 27.7. The van der Waals surface area contributed by atoms with Gasteiger partial charge in [-0.05, 0) is 24.4 Å². The fourth-order valence-electron chi connectivity index (χ4n) is 4.22. The van der Waals surface area contributed by atoms with Crippen molar-refractivity contribution in [2.24, 2.45) is 0 Å². The predicted molar refractivity (Wildman–Crippen MR) is 150 cm³/mol. The Morgan fingerprint density at radius 2 is 0.818 bits per heavy atom. The van der Waals surface area contributed by atoms with Crippen LogP contribution in [0, 0.1) is 0 Å². The van der Waals surface area contributed by atoms with Crippen molar-refractivity contribution in [1.82, 2.24) is 0 Å². The number of hydrogen-bond acceptors (Lipinski definition) is 3. The molecular weight excluding hydrogens is 450 g/mol. The van der Waals surface area contributed by atoms with Gasteiger partial charge in [0.2, 0.25) is 0 Å². The summed E-state index contributed by atoms with van der Waals surface area (Å²) in [5.74, 6) is 0. The standard InChI is InChI=1S/C25H53P.C2H7O4P/c1-4-7-10-13-16-19-22-25(26,23-20-17-14-11-8-5-2)24-21-18-15-12-9-6-3;1-5-7(3,4)6-2/h4-24,26H2,1-3H3;1-2H3,(H,3,4). The van der Waals surface area contributed by atoms with Crippen molar-refractivity contribution in [3.63, 3.8) is 0 Å². The van der Waals surface area contributed by atoms with E-state index < -0.39 is 7.82 Å². The molecule has 0 aromatic heterocycles. The molecule has 0 saturated heterocycles. The maximum absolute atomic E-state index is 10.1. The molecule has 6 heteroatoms. The lowest BCUT2D eigenvalue weighted by atomic mass is 9.88. The third kappa shape index (κ3) is 27.0. The number of rotatable bonds is 23. The largest absolute Gasteiger partial charge is 0.471 e. The quantitative estimate of drug-likeness (QED) is 0.110. The zero-order chi connectivity index (χ0) is 25.3. The van der Waals surface area contributed by atoms with E-state index in [0.717, 1.165) is 14.2 Å². The van der Waals surface area contributed by atoms with E-state index in [1.807, 2.05) is 0 Å². The van der Waals surface area contributed by atoms with Gasteiger partial charge in [0.05, 0.1) is 0 Å². The fourth-order valence-corrected chi connectivity index (χ4v) is 4.98. The van der Waals surface area contributed by atoms with Gasteiger partial charge in [-0.2, -0.15) is 0 Å². The van der Waals surface area contributed by atoms with Gasteiger partial charge in [0.25, 0.3) is 0 Å². The average Bonchev–Trinajstić information content (AvgIpc) is 2.81. The molecule has 0 fully saturated rings. The Morgan fingerprint density at radius 1 is 0.576 bits per heavy atom. The molecule has 0 spiro atoms. The number of hydrogen-bond donors (Lipinski definition) is 1. The highest BCUT2D eigenvalue weighted by atomic mass is 31.2. The Bertz CT molecular complexity index is 384. The van der Waals surface area contributed by atoms with Crippen molar-refractivity contribution in [2.75, 3.05) is 14.2 Å². The van der Waals surface area contributed by atoms with Crippen LogP contribution in [0.25, 0.3) is 0 Å². The Hall–Kier alpha value is 0.540. The van der Waals surface area contributed by atoms with Crippen LogP contribution in [0.5, 0.6) is 0 Å². The first-order valence-corrected chi connectivity index (χ1v) is 16.1. The number of phosphoric ester groups is 1. The van der Waals surface area contributed by atoms with Crippen LogP contribution in [0.1, 0.15) is 156 Å². The summed E-state index contributed by atoms with van der Waals surface area (Å²) < 4.78 is 18.0. The smallest absolute Gasteiger partial charge is 0.303 e. The molecule has 1 atom stereocenters. The van der Waals surface area contributed by atoms with E-state index in [-0.39, 0.29) is 0 Å². The lowest BCUT2D eigenvalue weighted by Crippen LogP contribution is -2.20. The molecule has 0 saturated carbocycles. The van der Waals surface area contributed by atoms with Crippen LogP contribution in [-0.4, -0.2) is 24.3 Å². The molecule has 4 nitrogen and oxygen atoms in total. The van der Waals surface area contributed by atoms with Gasteiger partial charge in [0, 0.05) is 14.2 Å². The van der Waals surface area contributed by atoms with Crippen molar-refractivity contribution >= 4 is 17.1 Å². The third-order valence-corrected chi connectivity index (χ3v) is 8.34. The summed E-state index contributed by atoms with van der Waals surface area (Å²) in [6.07, 6.45) is 30.2. The van der Waals surface area contributed by atoms with Crippen molar-refractivity contribution < 1.29 is 18.5 Å². The van der Waals surface area contributed by atoms with Gasteiger partial charge in [0.15, 0.2) is 0 Å². The summed E-state index contributed by atoms with van der Waals surface area (Å²) in [6.45, 7) is 6.94. The van der Waals surface area contributed by atoms with Crippen LogP contribution < -0.4 is 0 Å². The lowest BCUT2D eigenvalue weighted by molar-refractivity contribution is 0.204. The molecule has 0 aromatic carbocycles. The summed E-state index contributed by atoms with van der Waals surface area (Å²) in [4.78, 5) is 8.24. The molecule has 0 heterocycles. The summed E-state index contributed by atoms with van der Waals surface area (Å²) >= 11 is 0. The van der Waals surface area contributed by atoms with E-state index in [4.69, 9.17) is 4.89 Å². The molecule has 0 aromatic rings. The molecule has 0 rings (SSSR count). The highest BCUT2D eigenvalue weighted by Crippen LogP contribution is 2.40. The monoisotopic (exact) mass is 510 g/mol. The van der Waals surface area contributed by atoms with Gasteiger partial charge in [-0.15, -0.1) is 9.24 Å². The highest BCUT2D eigenvalue weighted by molar-refractivity contribution is 7.47. The van der Waals surface area contributed by atoms with Gasteiger partial charge >= 0.3 is 7.82 Å². The topological polar surface area (TPSA) is 55.8 Å². The second-order valence-corrected chi connectivity index (χ2v) is 12.6. The average molecular weight is 511 g/mol.